The van der Waals surface area contributed by atoms with Crippen LogP contribution in [0.15, 0.2) is 0 Å². The average molecular weight is 339 g/mol. The van der Waals surface area contributed by atoms with E-state index < -0.39 is 46.2 Å². The summed E-state index contributed by atoms with van der Waals surface area (Å²) in [4.78, 5) is 35.9. The van der Waals surface area contributed by atoms with Crippen molar-refractivity contribution in [2.24, 2.45) is 5.73 Å². The number of hydrogen-bond acceptors (Lipinski definition) is 6. The quantitative estimate of drug-likeness (QED) is 0.615. The molecule has 21 heavy (non-hydrogen) atoms. The molecule has 1 aliphatic heterocycles. The Balaban J connectivity index is 2.98. The number of nitrogens with two attached hydrogens (primary N) is 1. The second-order valence-corrected chi connectivity index (χ2v) is 7.90. The molecule has 1 unspecified atom stereocenters. The van der Waals surface area contributed by atoms with Crippen molar-refractivity contribution in [2.45, 2.75) is 5.37 Å². The van der Waals surface area contributed by atoms with Gasteiger partial charge in [-0.1, -0.05) is 0 Å². The summed E-state index contributed by atoms with van der Waals surface area (Å²) in [6.07, 6.45) is 1.01. The fourth-order valence-electron chi connectivity index (χ4n) is 1.88. The molecule has 1 aliphatic rings. The van der Waals surface area contributed by atoms with Gasteiger partial charge in [-0.3, -0.25) is 9.59 Å². The third kappa shape index (κ3) is 5.08. The fourth-order valence-corrected chi connectivity index (χ4v) is 4.69. The van der Waals surface area contributed by atoms with Gasteiger partial charge in [0.2, 0.25) is 5.91 Å². The summed E-state index contributed by atoms with van der Waals surface area (Å²) in [5.74, 6) is -1.43. The molecule has 1 atom stereocenters. The van der Waals surface area contributed by atoms with Crippen LogP contribution in [0.25, 0.3) is 0 Å². The smallest absolute Gasteiger partial charge is 0.323 e. The van der Waals surface area contributed by atoms with E-state index in [0.717, 1.165) is 16.1 Å². The van der Waals surface area contributed by atoms with Gasteiger partial charge in [0.25, 0.3) is 0 Å². The van der Waals surface area contributed by atoms with Crippen molar-refractivity contribution >= 4 is 39.5 Å². The number of nitrogens with zero attached hydrogens (tertiary/aromatic N) is 2. The molecule has 0 saturated carbocycles. The molecule has 3 amide bonds. The number of hydrogen-bond donors (Lipinski definition) is 2. The molecule has 0 aromatic carbocycles. The van der Waals surface area contributed by atoms with E-state index >= 15 is 0 Å². The Kier molecular flexibility index (Phi) is 5.84. The molecule has 1 heterocycles. The first kappa shape index (κ1) is 17.6. The van der Waals surface area contributed by atoms with Gasteiger partial charge in [0.05, 0.1) is 0 Å². The second kappa shape index (κ2) is 6.98. The number of carboxylic acids is 1. The molecular formula is C10H17N3O6S2. The van der Waals surface area contributed by atoms with Gasteiger partial charge in [0.1, 0.15) is 18.5 Å². The number of primary amides is 1. The summed E-state index contributed by atoms with van der Waals surface area (Å²) in [6.45, 7) is -1.14. The summed E-state index contributed by atoms with van der Waals surface area (Å²) in [7, 11) is -3.52. The van der Waals surface area contributed by atoms with Gasteiger partial charge in [-0.2, -0.15) is 11.8 Å². The molecule has 3 N–H and O–H groups in total. The van der Waals surface area contributed by atoms with Crippen molar-refractivity contribution in [3.8, 4) is 0 Å². The number of urea groups is 1. The predicted octanol–water partition coefficient (Wildman–Crippen LogP) is -1.60. The van der Waals surface area contributed by atoms with Gasteiger partial charge in [0, 0.05) is 24.3 Å². The molecule has 1 saturated heterocycles. The lowest BCUT2D eigenvalue weighted by molar-refractivity contribution is -0.138. The highest BCUT2D eigenvalue weighted by molar-refractivity contribution is 8.00. The number of aliphatic carboxylic acids is 1. The van der Waals surface area contributed by atoms with E-state index in [2.05, 4.69) is 0 Å². The minimum Gasteiger partial charge on any atom is -0.480 e. The van der Waals surface area contributed by atoms with Crippen molar-refractivity contribution in [1.82, 2.24) is 9.80 Å². The number of carboxylic acid groups (broad SMARTS) is 1. The second-order valence-electron chi connectivity index (χ2n) is 4.55. The zero-order chi connectivity index (χ0) is 16.2. The Bertz CT molecular complexity index is 519. The van der Waals surface area contributed by atoms with Gasteiger partial charge in [0.15, 0.2) is 9.84 Å². The molecule has 11 heteroatoms. The molecule has 0 bridgehead atoms. The van der Waals surface area contributed by atoms with E-state index in [0.29, 0.717) is 5.75 Å². The monoisotopic (exact) mass is 339 g/mol. The molecule has 1 fully saturated rings. The SMILES string of the molecule is CS(=O)(=O)C1CSCCN1C(=O)N(CC(N)=O)CC(=O)O. The van der Waals surface area contributed by atoms with Crippen LogP contribution in [0.3, 0.4) is 0 Å². The van der Waals surface area contributed by atoms with Crippen LogP contribution in [0.4, 0.5) is 4.79 Å². The molecule has 0 aliphatic carbocycles. The van der Waals surface area contributed by atoms with E-state index in [-0.39, 0.29) is 12.3 Å². The van der Waals surface area contributed by atoms with E-state index in [1.807, 2.05) is 0 Å². The van der Waals surface area contributed by atoms with Crippen molar-refractivity contribution in [3.05, 3.63) is 0 Å². The van der Waals surface area contributed by atoms with Gasteiger partial charge in [-0.25, -0.2) is 13.2 Å². The summed E-state index contributed by atoms with van der Waals surface area (Å²) < 4.78 is 23.5. The zero-order valence-corrected chi connectivity index (χ0v) is 13.0. The summed E-state index contributed by atoms with van der Waals surface area (Å²) in [5, 5.41) is 7.75. The van der Waals surface area contributed by atoms with Crippen LogP contribution in [-0.4, -0.2) is 84.0 Å². The number of carbonyl (C=O) groups excluding carboxylic acids is 2. The number of thioether (sulfide) groups is 1. The Labute approximate surface area is 126 Å². The van der Waals surface area contributed by atoms with Gasteiger partial charge < -0.3 is 20.6 Å². The number of carbonyl (C=O) groups is 3. The first-order valence-corrected chi connectivity index (χ1v) is 9.06. The largest absolute Gasteiger partial charge is 0.480 e. The number of amides is 3. The number of rotatable bonds is 5. The minimum atomic E-state index is -3.52. The van der Waals surface area contributed by atoms with Crippen LogP contribution >= 0.6 is 11.8 Å². The van der Waals surface area contributed by atoms with Crippen LogP contribution in [-0.2, 0) is 19.4 Å². The first-order chi connectivity index (χ1) is 9.62. The van der Waals surface area contributed by atoms with Crippen molar-refractivity contribution in [1.29, 1.82) is 0 Å². The average Bonchev–Trinajstić information content (AvgIpc) is 2.35. The summed E-state index contributed by atoms with van der Waals surface area (Å²) >= 11 is 1.39. The molecule has 0 radical (unpaired) electrons. The first-order valence-electron chi connectivity index (χ1n) is 5.95. The highest BCUT2D eigenvalue weighted by Gasteiger charge is 2.37. The highest BCUT2D eigenvalue weighted by atomic mass is 32.2. The van der Waals surface area contributed by atoms with Crippen molar-refractivity contribution < 1.29 is 27.9 Å². The molecule has 0 spiro atoms. The Morgan fingerprint density at radius 3 is 2.48 bits per heavy atom. The fraction of sp³-hybridized carbons (Fsp3) is 0.700. The van der Waals surface area contributed by atoms with E-state index in [1.165, 1.54) is 11.8 Å². The van der Waals surface area contributed by atoms with Crippen LogP contribution < -0.4 is 5.73 Å². The van der Waals surface area contributed by atoms with Gasteiger partial charge >= 0.3 is 12.0 Å². The molecule has 0 aromatic heterocycles. The van der Waals surface area contributed by atoms with Crippen LogP contribution in [0.2, 0.25) is 0 Å². The van der Waals surface area contributed by atoms with Crippen LogP contribution in [0.1, 0.15) is 0 Å². The van der Waals surface area contributed by atoms with Crippen molar-refractivity contribution in [2.75, 3.05) is 37.4 Å². The zero-order valence-electron chi connectivity index (χ0n) is 11.4. The van der Waals surface area contributed by atoms with E-state index in [9.17, 15) is 22.8 Å². The van der Waals surface area contributed by atoms with Gasteiger partial charge in [-0.15, -0.1) is 0 Å². The van der Waals surface area contributed by atoms with Crippen molar-refractivity contribution in [3.63, 3.8) is 0 Å². The lowest BCUT2D eigenvalue weighted by Gasteiger charge is -2.36. The lowest BCUT2D eigenvalue weighted by Crippen LogP contribution is -2.56. The maximum atomic E-state index is 12.3. The minimum absolute atomic E-state index is 0.163. The maximum absolute atomic E-state index is 12.3. The Morgan fingerprint density at radius 2 is 2.00 bits per heavy atom. The summed E-state index contributed by atoms with van der Waals surface area (Å²) in [5.41, 5.74) is 4.99. The Morgan fingerprint density at radius 1 is 1.38 bits per heavy atom. The number of sulfone groups is 1. The molecule has 120 valence electrons. The third-order valence-corrected chi connectivity index (χ3v) is 5.41. The standard InChI is InChI=1S/C10H17N3O6S2/c1-21(18,19)8-6-20-3-2-13(8)10(17)12(4-7(11)14)5-9(15)16/h8H,2-6H2,1H3,(H2,11,14)(H,15,16). The maximum Gasteiger partial charge on any atom is 0.323 e. The topological polar surface area (TPSA) is 138 Å². The highest BCUT2D eigenvalue weighted by Crippen LogP contribution is 2.21. The lowest BCUT2D eigenvalue weighted by atomic mass is 10.4. The molecule has 9 nitrogen and oxygen atoms in total. The molecule has 1 rings (SSSR count). The molecule has 0 aromatic rings. The summed E-state index contributed by atoms with van der Waals surface area (Å²) in [6, 6.07) is -0.813. The third-order valence-electron chi connectivity index (χ3n) is 2.77. The Hall–Kier alpha value is -1.49. The van der Waals surface area contributed by atoms with E-state index in [1.54, 1.807) is 0 Å². The predicted molar refractivity (Wildman–Crippen MR) is 76.5 cm³/mol. The van der Waals surface area contributed by atoms with E-state index in [4.69, 9.17) is 10.8 Å². The molecular weight excluding hydrogens is 322 g/mol. The van der Waals surface area contributed by atoms with Crippen LogP contribution in [0, 0.1) is 0 Å². The van der Waals surface area contributed by atoms with Gasteiger partial charge in [-0.05, 0) is 0 Å². The van der Waals surface area contributed by atoms with Crippen LogP contribution in [0.5, 0.6) is 0 Å². The normalized spacial score (nSPS) is 19.1.